The number of hydrogen-bond donors (Lipinski definition) is 1. The molecule has 0 saturated carbocycles. The van der Waals surface area contributed by atoms with Crippen LogP contribution in [0.1, 0.15) is 40.0 Å². The predicted molar refractivity (Wildman–Crippen MR) is 75.4 cm³/mol. The molecule has 0 spiro atoms. The third-order valence-electron chi connectivity index (χ3n) is 4.26. The number of rotatable bonds is 6. The molecule has 4 nitrogen and oxygen atoms in total. The van der Waals surface area contributed by atoms with Crippen LogP contribution in [0.5, 0.6) is 0 Å². The molecule has 1 rings (SSSR count). The van der Waals surface area contributed by atoms with E-state index in [-0.39, 0.29) is 5.91 Å². The summed E-state index contributed by atoms with van der Waals surface area (Å²) in [5.74, 6) is 0.640. The average molecular weight is 255 g/mol. The molecule has 0 bridgehead atoms. The SMILES string of the molecule is CCC(CN)CC(=O)N1CCN(C(C)CC)CC1. The Hall–Kier alpha value is -0.610. The molecule has 0 aromatic carbocycles. The molecular weight excluding hydrogens is 226 g/mol. The molecule has 0 aliphatic carbocycles. The molecule has 2 unspecified atom stereocenters. The number of amides is 1. The zero-order valence-corrected chi connectivity index (χ0v) is 12.2. The van der Waals surface area contributed by atoms with E-state index in [1.165, 1.54) is 6.42 Å². The van der Waals surface area contributed by atoms with Gasteiger partial charge in [0.25, 0.3) is 0 Å². The van der Waals surface area contributed by atoms with Crippen LogP contribution in [0.4, 0.5) is 0 Å². The van der Waals surface area contributed by atoms with Gasteiger partial charge >= 0.3 is 0 Å². The first-order valence-corrected chi connectivity index (χ1v) is 7.34. The lowest BCUT2D eigenvalue weighted by molar-refractivity contribution is -0.134. The fraction of sp³-hybridized carbons (Fsp3) is 0.929. The second kappa shape index (κ2) is 7.74. The minimum Gasteiger partial charge on any atom is -0.340 e. The monoisotopic (exact) mass is 255 g/mol. The van der Waals surface area contributed by atoms with Crippen LogP contribution in [0.15, 0.2) is 0 Å². The van der Waals surface area contributed by atoms with Crippen LogP contribution in [-0.2, 0) is 4.79 Å². The molecule has 2 atom stereocenters. The third-order valence-corrected chi connectivity index (χ3v) is 4.26. The van der Waals surface area contributed by atoms with Gasteiger partial charge in [0.15, 0.2) is 0 Å². The standard InChI is InChI=1S/C14H29N3O/c1-4-12(3)16-6-8-17(9-7-16)14(18)10-13(5-2)11-15/h12-13H,4-11,15H2,1-3H3. The van der Waals surface area contributed by atoms with E-state index in [1.807, 2.05) is 4.90 Å². The molecule has 1 aliphatic rings. The summed E-state index contributed by atoms with van der Waals surface area (Å²) in [6.07, 6.45) is 2.80. The van der Waals surface area contributed by atoms with Gasteiger partial charge in [0.05, 0.1) is 0 Å². The van der Waals surface area contributed by atoms with Crippen molar-refractivity contribution in [3.05, 3.63) is 0 Å². The Balaban J connectivity index is 2.36. The zero-order chi connectivity index (χ0) is 13.5. The molecule has 1 saturated heterocycles. The number of hydrogen-bond acceptors (Lipinski definition) is 3. The summed E-state index contributed by atoms with van der Waals surface area (Å²) in [6.45, 7) is 11.0. The summed E-state index contributed by atoms with van der Waals surface area (Å²) in [5, 5.41) is 0. The highest BCUT2D eigenvalue weighted by atomic mass is 16.2. The van der Waals surface area contributed by atoms with Crippen molar-refractivity contribution in [1.82, 2.24) is 9.80 Å². The second-order valence-corrected chi connectivity index (χ2v) is 5.39. The highest BCUT2D eigenvalue weighted by Crippen LogP contribution is 2.13. The van der Waals surface area contributed by atoms with Gasteiger partial charge in [0.1, 0.15) is 0 Å². The first kappa shape index (κ1) is 15.4. The molecule has 2 N–H and O–H groups in total. The number of carbonyl (C=O) groups excluding carboxylic acids is 1. The van der Waals surface area contributed by atoms with Crippen molar-refractivity contribution in [2.75, 3.05) is 32.7 Å². The van der Waals surface area contributed by atoms with E-state index in [0.29, 0.717) is 24.9 Å². The first-order valence-electron chi connectivity index (χ1n) is 7.34. The lowest BCUT2D eigenvalue weighted by Gasteiger charge is -2.38. The number of carbonyl (C=O) groups is 1. The summed E-state index contributed by atoms with van der Waals surface area (Å²) in [7, 11) is 0. The van der Waals surface area contributed by atoms with Crippen LogP contribution in [0.2, 0.25) is 0 Å². The maximum absolute atomic E-state index is 12.1. The molecule has 0 aromatic rings. The summed E-state index contributed by atoms with van der Waals surface area (Å²) in [4.78, 5) is 16.6. The lowest BCUT2D eigenvalue weighted by Crippen LogP contribution is -2.51. The van der Waals surface area contributed by atoms with Crippen LogP contribution < -0.4 is 5.73 Å². The van der Waals surface area contributed by atoms with Gasteiger partial charge < -0.3 is 10.6 Å². The zero-order valence-electron chi connectivity index (χ0n) is 12.2. The summed E-state index contributed by atoms with van der Waals surface area (Å²) in [6, 6.07) is 0.634. The summed E-state index contributed by atoms with van der Waals surface area (Å²) in [5.41, 5.74) is 5.66. The predicted octanol–water partition coefficient (Wildman–Crippen LogP) is 1.30. The highest BCUT2D eigenvalue weighted by molar-refractivity contribution is 5.76. The van der Waals surface area contributed by atoms with E-state index in [4.69, 9.17) is 5.73 Å². The molecule has 106 valence electrons. The van der Waals surface area contributed by atoms with Crippen molar-refractivity contribution in [3.63, 3.8) is 0 Å². The number of piperazine rings is 1. The maximum Gasteiger partial charge on any atom is 0.222 e. The smallest absolute Gasteiger partial charge is 0.222 e. The van der Waals surface area contributed by atoms with E-state index in [2.05, 4.69) is 25.7 Å². The Morgan fingerprint density at radius 1 is 1.17 bits per heavy atom. The summed E-state index contributed by atoms with van der Waals surface area (Å²) < 4.78 is 0. The number of nitrogens with two attached hydrogens (primary N) is 1. The Morgan fingerprint density at radius 2 is 1.78 bits per heavy atom. The molecule has 0 aromatic heterocycles. The summed E-state index contributed by atoms with van der Waals surface area (Å²) >= 11 is 0. The Labute approximate surface area is 111 Å². The topological polar surface area (TPSA) is 49.6 Å². The first-order chi connectivity index (χ1) is 8.62. The van der Waals surface area contributed by atoms with Crippen LogP contribution in [0, 0.1) is 5.92 Å². The van der Waals surface area contributed by atoms with E-state index in [1.54, 1.807) is 0 Å². The van der Waals surface area contributed by atoms with E-state index in [9.17, 15) is 4.79 Å². The van der Waals surface area contributed by atoms with Crippen LogP contribution in [-0.4, -0.2) is 54.5 Å². The molecule has 0 radical (unpaired) electrons. The molecular formula is C14H29N3O. The molecule has 18 heavy (non-hydrogen) atoms. The van der Waals surface area contributed by atoms with Gasteiger partial charge in [-0.2, -0.15) is 0 Å². The van der Waals surface area contributed by atoms with Crippen molar-refractivity contribution in [1.29, 1.82) is 0 Å². The van der Waals surface area contributed by atoms with Crippen molar-refractivity contribution < 1.29 is 4.79 Å². The quantitative estimate of drug-likeness (QED) is 0.778. The Kier molecular flexibility index (Phi) is 6.65. The van der Waals surface area contributed by atoms with Crippen molar-refractivity contribution in [3.8, 4) is 0 Å². The van der Waals surface area contributed by atoms with Crippen molar-refractivity contribution in [2.24, 2.45) is 11.7 Å². The molecule has 1 heterocycles. The van der Waals surface area contributed by atoms with E-state index >= 15 is 0 Å². The molecule has 1 fully saturated rings. The van der Waals surface area contributed by atoms with Gasteiger partial charge in [-0.3, -0.25) is 9.69 Å². The second-order valence-electron chi connectivity index (χ2n) is 5.39. The number of nitrogens with zero attached hydrogens (tertiary/aromatic N) is 2. The maximum atomic E-state index is 12.1. The van der Waals surface area contributed by atoms with Gasteiger partial charge in [-0.05, 0) is 25.8 Å². The van der Waals surface area contributed by atoms with Gasteiger partial charge in [-0.15, -0.1) is 0 Å². The fourth-order valence-corrected chi connectivity index (χ4v) is 2.44. The minimum atomic E-state index is 0.288. The van der Waals surface area contributed by atoms with Crippen LogP contribution in [0.25, 0.3) is 0 Å². The van der Waals surface area contributed by atoms with Crippen molar-refractivity contribution >= 4 is 5.91 Å². The Morgan fingerprint density at radius 3 is 2.22 bits per heavy atom. The van der Waals surface area contributed by atoms with Gasteiger partial charge in [0.2, 0.25) is 5.91 Å². The largest absolute Gasteiger partial charge is 0.340 e. The van der Waals surface area contributed by atoms with Gasteiger partial charge in [-0.1, -0.05) is 20.3 Å². The molecule has 1 amide bonds. The lowest BCUT2D eigenvalue weighted by atomic mass is 10.0. The Bertz CT molecular complexity index is 245. The highest BCUT2D eigenvalue weighted by Gasteiger charge is 2.24. The normalized spacial score (nSPS) is 20.8. The minimum absolute atomic E-state index is 0.288. The van der Waals surface area contributed by atoms with Gasteiger partial charge in [0, 0.05) is 38.6 Å². The average Bonchev–Trinajstić information content (AvgIpc) is 2.43. The fourth-order valence-electron chi connectivity index (χ4n) is 2.44. The molecule has 4 heteroatoms. The third kappa shape index (κ3) is 4.25. The van der Waals surface area contributed by atoms with E-state index in [0.717, 1.165) is 32.6 Å². The van der Waals surface area contributed by atoms with Crippen LogP contribution in [0.3, 0.4) is 0 Å². The molecule has 1 aliphatic heterocycles. The van der Waals surface area contributed by atoms with Gasteiger partial charge in [-0.25, -0.2) is 0 Å². The van der Waals surface area contributed by atoms with Crippen molar-refractivity contribution in [2.45, 2.75) is 46.1 Å². The van der Waals surface area contributed by atoms with Crippen LogP contribution >= 0.6 is 0 Å². The van der Waals surface area contributed by atoms with E-state index < -0.39 is 0 Å².